The first-order valence-corrected chi connectivity index (χ1v) is 12.1. The number of hydrogen-bond donors (Lipinski definition) is 1. The van der Waals surface area contributed by atoms with Gasteiger partial charge in [0.1, 0.15) is 5.82 Å². The van der Waals surface area contributed by atoms with Crippen molar-refractivity contribution in [3.8, 4) is 22.2 Å². The average molecular weight is 487 g/mol. The minimum atomic E-state index is -3.62. The van der Waals surface area contributed by atoms with E-state index >= 15 is 0 Å². The Morgan fingerprint density at radius 2 is 2.03 bits per heavy atom. The first kappa shape index (κ1) is 23.8. The van der Waals surface area contributed by atoms with Gasteiger partial charge >= 0.3 is 0 Å². The fraction of sp³-hybridized carbons (Fsp3) is 0.400. The summed E-state index contributed by atoms with van der Waals surface area (Å²) >= 11 is 1.27. The molecule has 0 atom stereocenters. The lowest BCUT2D eigenvalue weighted by molar-refractivity contribution is 0.334. The molecule has 2 aromatic heterocycles. The molecule has 4 rings (SSSR count). The molecule has 1 aromatic carbocycles. The van der Waals surface area contributed by atoms with E-state index in [-0.39, 0.29) is 29.0 Å². The molecule has 11 heteroatoms. The van der Waals surface area contributed by atoms with Crippen molar-refractivity contribution in [2.75, 3.05) is 26.2 Å². The van der Waals surface area contributed by atoms with Crippen LogP contribution < -0.4 is 4.72 Å². The quantitative estimate of drug-likeness (QED) is 0.482. The van der Waals surface area contributed by atoms with E-state index in [2.05, 4.69) is 19.8 Å². The summed E-state index contributed by atoms with van der Waals surface area (Å²) < 4.78 is 46.9. The van der Waals surface area contributed by atoms with Gasteiger partial charge in [-0.15, -0.1) is 23.7 Å². The molecule has 168 valence electrons. The Bertz CT molecular complexity index is 1130. The van der Waals surface area contributed by atoms with Crippen LogP contribution >= 0.6 is 23.7 Å². The highest BCUT2D eigenvalue weighted by Gasteiger charge is 2.23. The van der Waals surface area contributed by atoms with E-state index in [9.17, 15) is 12.8 Å². The highest BCUT2D eigenvalue weighted by Crippen LogP contribution is 2.33. The van der Waals surface area contributed by atoms with E-state index in [1.807, 2.05) is 0 Å². The largest absolute Gasteiger partial charge is 0.333 e. The Morgan fingerprint density at radius 3 is 2.77 bits per heavy atom. The van der Waals surface area contributed by atoms with Crippen molar-refractivity contribution in [2.45, 2.75) is 31.1 Å². The summed E-state index contributed by atoms with van der Waals surface area (Å²) in [4.78, 5) is 8.06. The summed E-state index contributed by atoms with van der Waals surface area (Å²) in [6, 6.07) is 7.44. The number of benzene rings is 1. The van der Waals surface area contributed by atoms with Crippen molar-refractivity contribution < 1.29 is 17.3 Å². The maximum Gasteiger partial charge on any atom is 0.268 e. The molecule has 1 aliphatic heterocycles. The number of sulfonamides is 1. The van der Waals surface area contributed by atoms with Gasteiger partial charge in [0.15, 0.2) is 0 Å². The summed E-state index contributed by atoms with van der Waals surface area (Å²) in [6.45, 7) is 5.24. The Balaban J connectivity index is 0.00000272. The second-order valence-electron chi connectivity index (χ2n) is 7.26. The molecular formula is C20H24ClFN4O3S2. The molecule has 0 unspecified atom stereocenters. The van der Waals surface area contributed by atoms with Crippen LogP contribution in [-0.4, -0.2) is 49.6 Å². The van der Waals surface area contributed by atoms with Gasteiger partial charge in [-0.3, -0.25) is 0 Å². The number of nitrogens with zero attached hydrogens (tertiary/aromatic N) is 3. The first-order chi connectivity index (χ1) is 14.4. The zero-order valence-electron chi connectivity index (χ0n) is 17.0. The number of rotatable bonds is 8. The van der Waals surface area contributed by atoms with Crippen LogP contribution in [0.2, 0.25) is 0 Å². The van der Waals surface area contributed by atoms with Crippen molar-refractivity contribution >= 4 is 33.8 Å². The van der Waals surface area contributed by atoms with Crippen LogP contribution in [0.5, 0.6) is 0 Å². The van der Waals surface area contributed by atoms with Crippen LogP contribution in [0.25, 0.3) is 22.2 Å². The van der Waals surface area contributed by atoms with Crippen LogP contribution in [0.4, 0.5) is 4.39 Å². The maximum atomic E-state index is 13.4. The lowest BCUT2D eigenvalue weighted by Crippen LogP contribution is -2.28. The van der Waals surface area contributed by atoms with Crippen LogP contribution in [0, 0.1) is 12.7 Å². The molecule has 0 saturated carbocycles. The molecule has 0 radical (unpaired) electrons. The van der Waals surface area contributed by atoms with E-state index in [1.54, 1.807) is 25.1 Å². The third-order valence-corrected chi connectivity index (χ3v) is 7.78. The van der Waals surface area contributed by atoms with Gasteiger partial charge in [-0.2, -0.15) is 4.98 Å². The zero-order chi connectivity index (χ0) is 21.1. The Morgan fingerprint density at radius 1 is 1.26 bits per heavy atom. The van der Waals surface area contributed by atoms with Gasteiger partial charge in [-0.1, -0.05) is 17.3 Å². The SMILES string of the molecule is Cc1sc(-c2nc(-c3cccc(F)c3)no2)cc1S(=O)(=O)NCCCN1CCCC1.Cl. The van der Waals surface area contributed by atoms with Gasteiger partial charge in [-0.25, -0.2) is 17.5 Å². The molecule has 31 heavy (non-hydrogen) atoms. The van der Waals surface area contributed by atoms with Crippen LogP contribution in [-0.2, 0) is 10.0 Å². The van der Waals surface area contributed by atoms with E-state index in [4.69, 9.17) is 4.52 Å². The molecule has 1 fully saturated rings. The average Bonchev–Trinajstić information content (AvgIpc) is 3.46. The number of aromatic nitrogens is 2. The second-order valence-corrected chi connectivity index (χ2v) is 10.3. The van der Waals surface area contributed by atoms with Gasteiger partial charge in [-0.05, 0) is 64.0 Å². The van der Waals surface area contributed by atoms with E-state index in [0.717, 1.165) is 26.1 Å². The summed E-state index contributed by atoms with van der Waals surface area (Å²) in [5.74, 6) is 0.0628. The Hall–Kier alpha value is -1.85. The lowest BCUT2D eigenvalue weighted by atomic mass is 10.2. The monoisotopic (exact) mass is 486 g/mol. The predicted octanol–water partition coefficient (Wildman–Crippen LogP) is 4.10. The van der Waals surface area contributed by atoms with Crippen molar-refractivity contribution in [1.29, 1.82) is 0 Å². The third-order valence-electron chi connectivity index (χ3n) is 5.02. The fourth-order valence-corrected chi connectivity index (χ4v) is 6.08. The topological polar surface area (TPSA) is 88.3 Å². The molecule has 0 bridgehead atoms. The summed E-state index contributed by atoms with van der Waals surface area (Å²) in [7, 11) is -3.62. The van der Waals surface area contributed by atoms with Gasteiger partial charge in [0, 0.05) is 17.0 Å². The summed E-state index contributed by atoms with van der Waals surface area (Å²) in [5.41, 5.74) is 0.491. The van der Waals surface area contributed by atoms with Crippen molar-refractivity contribution in [1.82, 2.24) is 19.8 Å². The van der Waals surface area contributed by atoms with Crippen molar-refractivity contribution in [3.05, 3.63) is 41.0 Å². The lowest BCUT2D eigenvalue weighted by Gasteiger charge is -2.14. The van der Waals surface area contributed by atoms with Crippen LogP contribution in [0.3, 0.4) is 0 Å². The maximum absolute atomic E-state index is 13.4. The minimum absolute atomic E-state index is 0. The first-order valence-electron chi connectivity index (χ1n) is 9.85. The number of likely N-dealkylation sites (tertiary alicyclic amines) is 1. The molecule has 0 aliphatic carbocycles. The van der Waals surface area contributed by atoms with Crippen molar-refractivity contribution in [2.24, 2.45) is 0 Å². The van der Waals surface area contributed by atoms with Crippen LogP contribution in [0.1, 0.15) is 24.1 Å². The standard InChI is InChI=1S/C20H23FN4O3S2.ClH/c1-14-18(30(26,27)22-8-5-11-25-9-2-3-10-25)13-17(29-14)20-23-19(24-28-20)15-6-4-7-16(21)12-15;/h4,6-7,12-13,22H,2-3,5,8-11H2,1H3;1H. The smallest absolute Gasteiger partial charge is 0.268 e. The molecule has 7 nitrogen and oxygen atoms in total. The molecule has 1 saturated heterocycles. The number of aryl methyl sites for hydroxylation is 1. The van der Waals surface area contributed by atoms with Gasteiger partial charge in [0.25, 0.3) is 5.89 Å². The third kappa shape index (κ3) is 5.69. The summed E-state index contributed by atoms with van der Waals surface area (Å²) in [6.07, 6.45) is 3.22. The number of hydrogen-bond acceptors (Lipinski definition) is 7. The van der Waals surface area contributed by atoms with Gasteiger partial charge < -0.3 is 9.42 Å². The number of nitrogens with one attached hydrogen (secondary N) is 1. The molecule has 0 spiro atoms. The molecule has 3 heterocycles. The Kier molecular flexibility index (Phi) is 7.82. The summed E-state index contributed by atoms with van der Waals surface area (Å²) in [5, 5.41) is 3.89. The van der Waals surface area contributed by atoms with E-state index in [0.29, 0.717) is 21.9 Å². The zero-order valence-corrected chi connectivity index (χ0v) is 19.5. The highest BCUT2D eigenvalue weighted by atomic mass is 35.5. The molecule has 1 N–H and O–H groups in total. The van der Waals surface area contributed by atoms with Gasteiger partial charge in [0.05, 0.1) is 9.77 Å². The molecule has 3 aromatic rings. The number of thiophene rings is 1. The molecule has 0 amide bonds. The molecular weight excluding hydrogens is 463 g/mol. The van der Waals surface area contributed by atoms with Gasteiger partial charge in [0.2, 0.25) is 15.8 Å². The number of halogens is 2. The van der Waals surface area contributed by atoms with Crippen molar-refractivity contribution in [3.63, 3.8) is 0 Å². The predicted molar refractivity (Wildman–Crippen MR) is 120 cm³/mol. The van der Waals surface area contributed by atoms with E-state index in [1.165, 1.54) is 36.3 Å². The normalized spacial score (nSPS) is 14.6. The second kappa shape index (κ2) is 10.2. The minimum Gasteiger partial charge on any atom is -0.333 e. The highest BCUT2D eigenvalue weighted by molar-refractivity contribution is 7.89. The molecule has 1 aliphatic rings. The Labute approximate surface area is 191 Å². The van der Waals surface area contributed by atoms with E-state index < -0.39 is 15.8 Å². The fourth-order valence-electron chi connectivity index (χ4n) is 3.50. The van der Waals surface area contributed by atoms with Crippen LogP contribution in [0.15, 0.2) is 39.8 Å².